The van der Waals surface area contributed by atoms with E-state index in [0.717, 1.165) is 62.6 Å². The zero-order valence-electron chi connectivity index (χ0n) is 22.8. The number of nitrogens with zero attached hydrogens (tertiary/aromatic N) is 3. The zero-order chi connectivity index (χ0) is 26.6. The van der Waals surface area contributed by atoms with E-state index in [0.29, 0.717) is 17.8 Å². The molecule has 0 radical (unpaired) electrons. The third-order valence-electron chi connectivity index (χ3n) is 9.45. The number of piperidine rings is 1. The van der Waals surface area contributed by atoms with Crippen LogP contribution < -0.4 is 0 Å². The minimum atomic E-state index is -0.666. The molecule has 2 aromatic carbocycles. The first-order valence-electron chi connectivity index (χ1n) is 14.9. The van der Waals surface area contributed by atoms with Crippen LogP contribution >= 0.6 is 0 Å². The quantitative estimate of drug-likeness (QED) is 0.372. The molecule has 1 aliphatic carbocycles. The van der Waals surface area contributed by atoms with Crippen LogP contribution in [0.3, 0.4) is 0 Å². The Kier molecular flexibility index (Phi) is 8.12. The van der Waals surface area contributed by atoms with Crippen LogP contribution in [-0.2, 0) is 4.79 Å². The molecule has 3 heterocycles. The maximum Gasteiger partial charge on any atom is 0.321 e. The fourth-order valence-electron chi connectivity index (χ4n) is 7.47. The van der Waals surface area contributed by atoms with E-state index in [1.807, 2.05) is 24.3 Å². The Morgan fingerprint density at radius 2 is 1.59 bits per heavy atom. The highest BCUT2D eigenvalue weighted by Gasteiger charge is 2.47. The minimum Gasteiger partial charge on any atom is -0.480 e. The van der Waals surface area contributed by atoms with Crippen molar-refractivity contribution in [3.05, 3.63) is 78.1 Å². The van der Waals surface area contributed by atoms with Crippen LogP contribution in [0.25, 0.3) is 11.3 Å². The molecule has 0 amide bonds. The molecule has 206 valence electrons. The van der Waals surface area contributed by atoms with E-state index in [4.69, 9.17) is 4.52 Å². The van der Waals surface area contributed by atoms with Crippen LogP contribution in [0.15, 0.2) is 71.3 Å². The second-order valence-corrected chi connectivity index (χ2v) is 12.0. The lowest BCUT2D eigenvalue weighted by Crippen LogP contribution is -2.41. The number of hydrogen-bond donors (Lipinski definition) is 1. The van der Waals surface area contributed by atoms with E-state index in [2.05, 4.69) is 57.4 Å². The molecule has 3 atom stereocenters. The van der Waals surface area contributed by atoms with Gasteiger partial charge in [0.25, 0.3) is 0 Å². The smallest absolute Gasteiger partial charge is 0.321 e. The average Bonchev–Trinajstić information content (AvgIpc) is 3.61. The molecular weight excluding hydrogens is 486 g/mol. The molecule has 6 nitrogen and oxygen atoms in total. The van der Waals surface area contributed by atoms with E-state index in [1.54, 1.807) is 0 Å². The van der Waals surface area contributed by atoms with Crippen LogP contribution in [0.4, 0.5) is 0 Å². The summed E-state index contributed by atoms with van der Waals surface area (Å²) < 4.78 is 5.79. The largest absolute Gasteiger partial charge is 0.480 e. The summed E-state index contributed by atoms with van der Waals surface area (Å²) >= 11 is 0. The van der Waals surface area contributed by atoms with Crippen molar-refractivity contribution in [2.24, 2.45) is 11.8 Å². The fraction of sp³-hybridized carbons (Fsp3) is 0.515. The predicted octanol–water partition coefficient (Wildman–Crippen LogP) is 6.27. The molecule has 1 N–H and O–H groups in total. The summed E-state index contributed by atoms with van der Waals surface area (Å²) in [6.45, 7) is 4.75. The lowest BCUT2D eigenvalue weighted by Gasteiger charge is -2.34. The average molecular weight is 528 g/mol. The molecule has 2 aliphatic heterocycles. The highest BCUT2D eigenvalue weighted by atomic mass is 16.5. The van der Waals surface area contributed by atoms with Crippen LogP contribution in [-0.4, -0.2) is 64.8 Å². The lowest BCUT2D eigenvalue weighted by molar-refractivity contribution is -0.142. The van der Waals surface area contributed by atoms with Crippen molar-refractivity contribution in [1.29, 1.82) is 0 Å². The fourth-order valence-corrected chi connectivity index (χ4v) is 7.47. The number of carboxylic acids is 1. The van der Waals surface area contributed by atoms with Crippen LogP contribution in [0, 0.1) is 11.8 Å². The summed E-state index contributed by atoms with van der Waals surface area (Å²) in [6.07, 6.45) is 8.46. The first-order chi connectivity index (χ1) is 19.2. The van der Waals surface area contributed by atoms with E-state index in [9.17, 15) is 9.90 Å². The minimum absolute atomic E-state index is 0.0210. The predicted molar refractivity (Wildman–Crippen MR) is 153 cm³/mol. The molecule has 1 aromatic heterocycles. The van der Waals surface area contributed by atoms with E-state index >= 15 is 0 Å². The second kappa shape index (κ2) is 12.1. The summed E-state index contributed by atoms with van der Waals surface area (Å²) in [4.78, 5) is 17.6. The first-order valence-corrected chi connectivity index (χ1v) is 14.9. The van der Waals surface area contributed by atoms with E-state index < -0.39 is 12.0 Å². The van der Waals surface area contributed by atoms with Gasteiger partial charge >= 0.3 is 5.97 Å². The first kappa shape index (κ1) is 26.3. The number of rotatable bonds is 8. The number of carbonyl (C=O) groups is 1. The Bertz CT molecular complexity index is 1200. The van der Waals surface area contributed by atoms with Crippen molar-refractivity contribution < 1.29 is 14.4 Å². The molecule has 2 saturated heterocycles. The van der Waals surface area contributed by atoms with Crippen molar-refractivity contribution in [3.8, 4) is 11.3 Å². The third kappa shape index (κ3) is 5.97. The number of aliphatic carboxylic acids is 1. The Labute approximate surface area is 232 Å². The van der Waals surface area contributed by atoms with Gasteiger partial charge in [0.1, 0.15) is 17.5 Å². The number of aromatic nitrogens is 1. The number of likely N-dealkylation sites (tertiary alicyclic amines) is 2. The van der Waals surface area contributed by atoms with Gasteiger partial charge in [0.2, 0.25) is 0 Å². The van der Waals surface area contributed by atoms with Crippen LogP contribution in [0.1, 0.15) is 68.1 Å². The van der Waals surface area contributed by atoms with Gasteiger partial charge in [-0.3, -0.25) is 9.69 Å². The Balaban J connectivity index is 1.13. The van der Waals surface area contributed by atoms with Crippen molar-refractivity contribution in [2.45, 2.75) is 62.8 Å². The maximum absolute atomic E-state index is 12.7. The molecule has 3 fully saturated rings. The lowest BCUT2D eigenvalue weighted by atomic mass is 9.83. The summed E-state index contributed by atoms with van der Waals surface area (Å²) in [5.41, 5.74) is 3.16. The Hall–Kier alpha value is -2.96. The van der Waals surface area contributed by atoms with Gasteiger partial charge in [-0.25, -0.2) is 0 Å². The Morgan fingerprint density at radius 3 is 2.28 bits per heavy atom. The summed E-state index contributed by atoms with van der Waals surface area (Å²) in [7, 11) is 0. The van der Waals surface area contributed by atoms with Gasteiger partial charge in [0.15, 0.2) is 0 Å². The molecule has 39 heavy (non-hydrogen) atoms. The SMILES string of the molecule is O=C(O)C1C(c2ccccc2)C(CN2CCC(c3cc(-c4ccccc4)no3)CC2)CN1CC1CCCCC1. The molecule has 3 unspecified atom stereocenters. The third-order valence-corrected chi connectivity index (χ3v) is 9.45. The molecule has 0 spiro atoms. The van der Waals surface area contributed by atoms with Gasteiger partial charge in [0, 0.05) is 43.1 Å². The van der Waals surface area contributed by atoms with Gasteiger partial charge in [-0.1, -0.05) is 85.1 Å². The monoisotopic (exact) mass is 527 g/mol. The normalized spacial score (nSPS) is 25.7. The molecule has 0 bridgehead atoms. The van der Waals surface area contributed by atoms with Crippen LogP contribution in [0.2, 0.25) is 0 Å². The molecule has 1 saturated carbocycles. The highest BCUT2D eigenvalue weighted by molar-refractivity contribution is 5.76. The van der Waals surface area contributed by atoms with Gasteiger partial charge in [0.05, 0.1) is 0 Å². The molecule has 3 aliphatic rings. The number of hydrogen-bond acceptors (Lipinski definition) is 5. The van der Waals surface area contributed by atoms with Crippen molar-refractivity contribution in [2.75, 3.05) is 32.7 Å². The van der Waals surface area contributed by atoms with Crippen molar-refractivity contribution in [3.63, 3.8) is 0 Å². The zero-order valence-corrected chi connectivity index (χ0v) is 22.8. The van der Waals surface area contributed by atoms with Gasteiger partial charge < -0.3 is 14.5 Å². The van der Waals surface area contributed by atoms with Crippen molar-refractivity contribution >= 4 is 5.97 Å². The number of carboxylic acid groups (broad SMARTS) is 1. The van der Waals surface area contributed by atoms with Crippen LogP contribution in [0.5, 0.6) is 0 Å². The van der Waals surface area contributed by atoms with E-state index in [-0.39, 0.29) is 5.92 Å². The standard InChI is InChI=1S/C33H41N3O3/c37-33(38)32-31(27-14-8-3-9-15-27)28(23-36(32)21-24-10-4-1-5-11-24)22-35-18-16-26(17-19-35)30-20-29(34-39-30)25-12-6-2-7-13-25/h2-3,6-9,12-15,20,24,26,28,31-32H,1,4-5,10-11,16-19,21-23H2,(H,37,38). The summed E-state index contributed by atoms with van der Waals surface area (Å²) in [5.74, 6) is 1.67. The van der Waals surface area contributed by atoms with Gasteiger partial charge in [-0.15, -0.1) is 0 Å². The van der Waals surface area contributed by atoms with E-state index in [1.165, 1.54) is 37.7 Å². The molecular formula is C33H41N3O3. The van der Waals surface area contributed by atoms with Crippen molar-refractivity contribution in [1.82, 2.24) is 15.0 Å². The second-order valence-electron chi connectivity index (χ2n) is 12.0. The molecule has 6 heteroatoms. The molecule has 3 aromatic rings. The summed E-state index contributed by atoms with van der Waals surface area (Å²) in [5, 5.41) is 14.8. The van der Waals surface area contributed by atoms with Gasteiger partial charge in [-0.05, 0) is 56.2 Å². The Morgan fingerprint density at radius 1 is 0.897 bits per heavy atom. The highest BCUT2D eigenvalue weighted by Crippen LogP contribution is 2.41. The maximum atomic E-state index is 12.7. The summed E-state index contributed by atoms with van der Waals surface area (Å²) in [6, 6.07) is 22.3. The topological polar surface area (TPSA) is 69.8 Å². The molecule has 6 rings (SSSR count). The van der Waals surface area contributed by atoms with Gasteiger partial charge in [-0.2, -0.15) is 0 Å². The number of benzene rings is 2.